The van der Waals surface area contributed by atoms with E-state index in [0.717, 1.165) is 0 Å². The van der Waals surface area contributed by atoms with Crippen LogP contribution in [0, 0.1) is 0 Å². The molecule has 2 N–H and O–H groups in total. The molecule has 0 radical (unpaired) electrons. The lowest BCUT2D eigenvalue weighted by molar-refractivity contribution is 0.358. The van der Waals surface area contributed by atoms with Crippen LogP contribution in [0.2, 0.25) is 0 Å². The molecule has 140 valence electrons. The van der Waals surface area contributed by atoms with Gasteiger partial charge in [-0.15, -0.1) is 0 Å². The van der Waals surface area contributed by atoms with Gasteiger partial charge in [-0.3, -0.25) is 0 Å². The van der Waals surface area contributed by atoms with Crippen LogP contribution in [0.5, 0.6) is 17.2 Å². The van der Waals surface area contributed by atoms with Crippen LogP contribution in [0.4, 0.5) is 5.69 Å². The molecule has 0 heterocycles. The van der Waals surface area contributed by atoms with Crippen LogP contribution in [0.15, 0.2) is 40.2 Å². The number of ether oxygens (including phenoxy) is 3. The third-order valence-electron chi connectivity index (χ3n) is 3.78. The quantitative estimate of drug-likeness (QED) is 0.659. The zero-order valence-electron chi connectivity index (χ0n) is 14.7. The molecule has 0 saturated heterocycles. The smallest absolute Gasteiger partial charge is 0.189 e. The van der Waals surface area contributed by atoms with Crippen molar-refractivity contribution in [2.75, 3.05) is 27.1 Å². The Morgan fingerprint density at radius 1 is 1.12 bits per heavy atom. The van der Waals surface area contributed by atoms with E-state index in [1.807, 2.05) is 0 Å². The topological polar surface area (TPSA) is 87.9 Å². The summed E-state index contributed by atoms with van der Waals surface area (Å²) >= 11 is 3.29. The molecular weight excluding hydrogens is 422 g/mol. The Balaban J connectivity index is 2.67. The lowest BCUT2D eigenvalue weighted by atomic mass is 10.1. The first-order chi connectivity index (χ1) is 12.3. The van der Waals surface area contributed by atoms with Gasteiger partial charge in [0.25, 0.3) is 0 Å². The summed E-state index contributed by atoms with van der Waals surface area (Å²) in [5.74, 6) is 0.399. The third kappa shape index (κ3) is 3.81. The van der Waals surface area contributed by atoms with Crippen LogP contribution in [-0.4, -0.2) is 29.7 Å². The minimum absolute atomic E-state index is 0.0558. The molecule has 0 aliphatic carbocycles. The molecule has 0 bridgehead atoms. The molecule has 0 unspecified atom stereocenters. The highest BCUT2D eigenvalue weighted by Gasteiger charge is 2.29. The monoisotopic (exact) mass is 441 g/mol. The van der Waals surface area contributed by atoms with E-state index in [9.17, 15) is 8.42 Å². The maximum Gasteiger partial charge on any atom is 0.189 e. The number of benzene rings is 2. The Labute approximate surface area is 161 Å². The van der Waals surface area contributed by atoms with Gasteiger partial charge in [0, 0.05) is 16.2 Å². The minimum Gasteiger partial charge on any atom is -0.496 e. The molecule has 0 amide bonds. The van der Waals surface area contributed by atoms with E-state index < -0.39 is 9.84 Å². The molecule has 0 saturated carbocycles. The van der Waals surface area contributed by atoms with Gasteiger partial charge in [0.2, 0.25) is 0 Å². The molecule has 8 heteroatoms. The Morgan fingerprint density at radius 2 is 1.77 bits per heavy atom. The maximum absolute atomic E-state index is 13.1. The highest BCUT2D eigenvalue weighted by atomic mass is 79.9. The molecule has 6 nitrogen and oxygen atoms in total. The van der Waals surface area contributed by atoms with Crippen molar-refractivity contribution in [3.63, 3.8) is 0 Å². The number of anilines is 1. The first-order valence-corrected chi connectivity index (χ1v) is 9.95. The van der Waals surface area contributed by atoms with E-state index in [1.54, 1.807) is 18.2 Å². The molecule has 0 spiro atoms. The average Bonchev–Trinajstić information content (AvgIpc) is 2.62. The number of halogens is 1. The maximum atomic E-state index is 13.1. The molecule has 26 heavy (non-hydrogen) atoms. The summed E-state index contributed by atoms with van der Waals surface area (Å²) in [6.45, 7) is 3.71. The second-order valence-electron chi connectivity index (χ2n) is 5.38. The van der Waals surface area contributed by atoms with Crippen molar-refractivity contribution < 1.29 is 22.6 Å². The van der Waals surface area contributed by atoms with Gasteiger partial charge in [0.15, 0.2) is 20.5 Å². The van der Waals surface area contributed by atoms with E-state index >= 15 is 0 Å². The van der Waals surface area contributed by atoms with Gasteiger partial charge in [-0.2, -0.15) is 0 Å². The van der Waals surface area contributed by atoms with Crippen molar-refractivity contribution in [1.29, 1.82) is 0 Å². The summed E-state index contributed by atoms with van der Waals surface area (Å²) in [5.41, 5.74) is 7.29. The Morgan fingerprint density at radius 3 is 2.27 bits per heavy atom. The predicted molar refractivity (Wildman–Crippen MR) is 106 cm³/mol. The highest BCUT2D eigenvalue weighted by molar-refractivity contribution is 9.10. The third-order valence-corrected chi connectivity index (χ3v) is 6.22. The van der Waals surface area contributed by atoms with Crippen LogP contribution in [0.3, 0.4) is 0 Å². The SMILES string of the molecule is C=Cc1c(OC)cc(OC)c(S(=O)(=O)Cc2ccc(Br)c(N)c2)c1OC. The van der Waals surface area contributed by atoms with E-state index in [1.165, 1.54) is 33.5 Å². The van der Waals surface area contributed by atoms with Crippen molar-refractivity contribution in [3.8, 4) is 17.2 Å². The number of hydrogen-bond donors (Lipinski definition) is 1. The van der Waals surface area contributed by atoms with Crippen molar-refractivity contribution in [1.82, 2.24) is 0 Å². The average molecular weight is 442 g/mol. The van der Waals surface area contributed by atoms with Crippen molar-refractivity contribution >= 4 is 37.5 Å². The molecule has 0 atom stereocenters. The fraction of sp³-hybridized carbons (Fsp3) is 0.222. The second-order valence-corrected chi connectivity index (χ2v) is 8.16. The molecule has 2 rings (SSSR count). The van der Waals surface area contributed by atoms with Gasteiger partial charge in [0.1, 0.15) is 11.5 Å². The number of sulfone groups is 1. The predicted octanol–water partition coefficient (Wildman–Crippen LogP) is 3.67. The summed E-state index contributed by atoms with van der Waals surface area (Å²) in [5, 5.41) is 0. The standard InChI is InChI=1S/C18H20BrNO5S/c1-5-12-15(23-2)9-16(24-3)18(17(12)25-4)26(21,22)10-11-6-7-13(19)14(20)8-11/h5-9H,1,10,20H2,2-4H3. The number of rotatable bonds is 7. The zero-order valence-corrected chi connectivity index (χ0v) is 17.1. The normalized spacial score (nSPS) is 11.1. The molecule has 0 aliphatic rings. The molecule has 0 fully saturated rings. The summed E-state index contributed by atoms with van der Waals surface area (Å²) in [6.07, 6.45) is 1.48. The molecule has 0 aliphatic heterocycles. The van der Waals surface area contributed by atoms with Gasteiger partial charge in [-0.1, -0.05) is 18.7 Å². The number of methoxy groups -OCH3 is 3. The second kappa shape index (κ2) is 8.01. The molecule has 2 aromatic rings. The summed E-state index contributed by atoms with van der Waals surface area (Å²) in [7, 11) is 0.436. The van der Waals surface area contributed by atoms with E-state index in [0.29, 0.717) is 27.0 Å². The number of nitrogen functional groups attached to an aromatic ring is 1. The molecule has 2 aromatic carbocycles. The summed E-state index contributed by atoms with van der Waals surface area (Å²) in [4.78, 5) is -0.0558. The largest absolute Gasteiger partial charge is 0.496 e. The van der Waals surface area contributed by atoms with Gasteiger partial charge in [0.05, 0.1) is 32.6 Å². The highest BCUT2D eigenvalue weighted by Crippen LogP contribution is 2.43. The van der Waals surface area contributed by atoms with E-state index in [4.69, 9.17) is 19.9 Å². The van der Waals surface area contributed by atoms with Gasteiger partial charge in [-0.25, -0.2) is 8.42 Å². The molecular formula is C18H20BrNO5S. The Bertz CT molecular complexity index is 941. The Hall–Kier alpha value is -2.19. The van der Waals surface area contributed by atoms with E-state index in [2.05, 4.69) is 22.5 Å². The van der Waals surface area contributed by atoms with E-state index in [-0.39, 0.29) is 22.1 Å². The van der Waals surface area contributed by atoms with Crippen LogP contribution in [0.1, 0.15) is 11.1 Å². The van der Waals surface area contributed by atoms with Gasteiger partial charge < -0.3 is 19.9 Å². The lowest BCUT2D eigenvalue weighted by Crippen LogP contribution is -2.11. The van der Waals surface area contributed by atoms with Crippen LogP contribution in [-0.2, 0) is 15.6 Å². The van der Waals surface area contributed by atoms with Crippen LogP contribution < -0.4 is 19.9 Å². The van der Waals surface area contributed by atoms with Gasteiger partial charge in [-0.05, 0) is 33.6 Å². The number of hydrogen-bond acceptors (Lipinski definition) is 6. The van der Waals surface area contributed by atoms with Crippen molar-refractivity contribution in [2.24, 2.45) is 0 Å². The summed E-state index contributed by atoms with van der Waals surface area (Å²) < 4.78 is 42.9. The first kappa shape index (κ1) is 20.1. The summed E-state index contributed by atoms with van der Waals surface area (Å²) in [6, 6.07) is 6.51. The fourth-order valence-electron chi connectivity index (χ4n) is 2.59. The Kier molecular flexibility index (Phi) is 6.20. The van der Waals surface area contributed by atoms with Crippen LogP contribution >= 0.6 is 15.9 Å². The lowest BCUT2D eigenvalue weighted by Gasteiger charge is -2.18. The number of nitrogens with two attached hydrogens (primary N) is 1. The first-order valence-electron chi connectivity index (χ1n) is 7.51. The van der Waals surface area contributed by atoms with Crippen molar-refractivity contribution in [3.05, 3.63) is 46.4 Å². The molecule has 0 aromatic heterocycles. The van der Waals surface area contributed by atoms with Crippen LogP contribution in [0.25, 0.3) is 6.08 Å². The van der Waals surface area contributed by atoms with Crippen molar-refractivity contribution in [2.45, 2.75) is 10.6 Å². The minimum atomic E-state index is -3.81. The zero-order chi connectivity index (χ0) is 19.5. The fourth-order valence-corrected chi connectivity index (χ4v) is 4.53. The van der Waals surface area contributed by atoms with Gasteiger partial charge >= 0.3 is 0 Å².